The van der Waals surface area contributed by atoms with Gasteiger partial charge < -0.3 is 20.7 Å². The van der Waals surface area contributed by atoms with Crippen LogP contribution in [0.25, 0.3) is 0 Å². The molecule has 0 bridgehead atoms. The number of carbonyl (C=O) groups is 3. The second-order valence-corrected chi connectivity index (χ2v) is 10.5. The predicted octanol–water partition coefficient (Wildman–Crippen LogP) is 0.972. The number of rotatable bonds is 5. The number of nitrogens with zero attached hydrogens (tertiary/aromatic N) is 2. The lowest BCUT2D eigenvalue weighted by atomic mass is 9.98. The number of ether oxygens (including phenoxy) is 1. The molecular formula is C18H26N4O6S2. The highest BCUT2D eigenvalue weighted by Crippen LogP contribution is 2.37. The maximum absolute atomic E-state index is 12.8. The van der Waals surface area contributed by atoms with E-state index in [9.17, 15) is 22.8 Å². The summed E-state index contributed by atoms with van der Waals surface area (Å²) in [4.78, 5) is 39.3. The fraction of sp³-hybridized carbons (Fsp3) is 0.611. The minimum Gasteiger partial charge on any atom is -0.450 e. The van der Waals surface area contributed by atoms with Crippen molar-refractivity contribution in [2.45, 2.75) is 32.7 Å². The highest BCUT2D eigenvalue weighted by Gasteiger charge is 2.33. The number of carbonyl (C=O) groups excluding carboxylic acids is 3. The highest BCUT2D eigenvalue weighted by atomic mass is 32.2. The van der Waals surface area contributed by atoms with Gasteiger partial charge in [0.2, 0.25) is 15.9 Å². The summed E-state index contributed by atoms with van der Waals surface area (Å²) in [6.45, 7) is 3.17. The van der Waals surface area contributed by atoms with Gasteiger partial charge in [0, 0.05) is 24.5 Å². The standard InChI is InChI=1S/C18H26N4O6S2/c1-3-28-18(25)21-8-6-12-13(10-21)29-17(14(12)15(19)23)20-16(24)11-5-4-7-22(9-11)30(2,26)27/h11H,3-10H2,1-2H3,(H2,19,23)(H,20,24). The third-order valence-corrected chi connectivity index (χ3v) is 7.69. The van der Waals surface area contributed by atoms with Crippen molar-refractivity contribution in [3.8, 4) is 0 Å². The molecular weight excluding hydrogens is 432 g/mol. The largest absolute Gasteiger partial charge is 0.450 e. The van der Waals surface area contributed by atoms with E-state index < -0.39 is 27.9 Å². The van der Waals surface area contributed by atoms with Crippen molar-refractivity contribution in [3.05, 3.63) is 16.0 Å². The molecule has 166 valence electrons. The number of fused-ring (bicyclic) bond motifs is 1. The Labute approximate surface area is 179 Å². The molecule has 1 atom stereocenters. The monoisotopic (exact) mass is 458 g/mol. The minimum absolute atomic E-state index is 0.109. The molecule has 0 aromatic carbocycles. The van der Waals surface area contributed by atoms with Crippen molar-refractivity contribution in [1.82, 2.24) is 9.21 Å². The summed E-state index contributed by atoms with van der Waals surface area (Å²) in [6, 6.07) is 0. The van der Waals surface area contributed by atoms with Gasteiger partial charge in [-0.2, -0.15) is 0 Å². The number of hydrogen-bond donors (Lipinski definition) is 2. The third kappa shape index (κ3) is 4.76. The van der Waals surface area contributed by atoms with Gasteiger partial charge in [-0.25, -0.2) is 17.5 Å². The van der Waals surface area contributed by atoms with Crippen LogP contribution in [0.4, 0.5) is 9.80 Å². The smallest absolute Gasteiger partial charge is 0.410 e. The minimum atomic E-state index is -3.38. The lowest BCUT2D eigenvalue weighted by molar-refractivity contribution is -0.120. The van der Waals surface area contributed by atoms with Crippen LogP contribution >= 0.6 is 11.3 Å². The summed E-state index contributed by atoms with van der Waals surface area (Å²) in [7, 11) is -3.38. The Balaban J connectivity index is 1.79. The molecule has 3 N–H and O–H groups in total. The summed E-state index contributed by atoms with van der Waals surface area (Å²) >= 11 is 1.21. The molecule has 2 aliphatic rings. The molecule has 1 fully saturated rings. The Bertz CT molecular complexity index is 958. The molecule has 10 nitrogen and oxygen atoms in total. The number of thiophene rings is 1. The fourth-order valence-electron chi connectivity index (χ4n) is 3.79. The maximum atomic E-state index is 12.8. The van der Waals surface area contributed by atoms with E-state index in [0.29, 0.717) is 37.4 Å². The van der Waals surface area contributed by atoms with Gasteiger partial charge in [0.15, 0.2) is 0 Å². The van der Waals surface area contributed by atoms with Gasteiger partial charge in [0.25, 0.3) is 5.91 Å². The van der Waals surface area contributed by atoms with Crippen LogP contribution in [0.3, 0.4) is 0 Å². The van der Waals surface area contributed by atoms with E-state index >= 15 is 0 Å². The Morgan fingerprint density at radius 2 is 2.03 bits per heavy atom. The van der Waals surface area contributed by atoms with Crippen LogP contribution in [0.1, 0.15) is 40.6 Å². The van der Waals surface area contributed by atoms with Gasteiger partial charge in [-0.05, 0) is 31.7 Å². The van der Waals surface area contributed by atoms with E-state index in [1.54, 1.807) is 11.8 Å². The van der Waals surface area contributed by atoms with E-state index in [-0.39, 0.29) is 31.2 Å². The van der Waals surface area contributed by atoms with E-state index in [1.807, 2.05) is 0 Å². The molecule has 1 unspecified atom stereocenters. The lowest BCUT2D eigenvalue weighted by Crippen LogP contribution is -2.43. The Morgan fingerprint density at radius 3 is 2.67 bits per heavy atom. The van der Waals surface area contributed by atoms with Crippen molar-refractivity contribution in [2.75, 3.05) is 37.8 Å². The zero-order chi connectivity index (χ0) is 22.1. The maximum Gasteiger partial charge on any atom is 0.410 e. The summed E-state index contributed by atoms with van der Waals surface area (Å²) in [5, 5.41) is 3.13. The quantitative estimate of drug-likeness (QED) is 0.674. The fourth-order valence-corrected chi connectivity index (χ4v) is 5.98. The molecule has 3 heterocycles. The van der Waals surface area contributed by atoms with Crippen LogP contribution in [-0.4, -0.2) is 68.0 Å². The van der Waals surface area contributed by atoms with E-state index in [0.717, 1.165) is 16.7 Å². The second kappa shape index (κ2) is 8.90. The molecule has 12 heteroatoms. The van der Waals surface area contributed by atoms with Crippen molar-refractivity contribution in [1.29, 1.82) is 0 Å². The number of nitrogens with one attached hydrogen (secondary N) is 1. The number of primary amides is 1. The molecule has 0 saturated carbocycles. The van der Waals surface area contributed by atoms with Crippen molar-refractivity contribution >= 4 is 44.3 Å². The summed E-state index contributed by atoms with van der Waals surface area (Å²) < 4.78 is 30.0. The van der Waals surface area contributed by atoms with Crippen LogP contribution in [0.2, 0.25) is 0 Å². The normalized spacial score (nSPS) is 19.8. The molecule has 0 aliphatic carbocycles. The zero-order valence-corrected chi connectivity index (χ0v) is 18.6. The molecule has 30 heavy (non-hydrogen) atoms. The molecule has 1 saturated heterocycles. The van der Waals surface area contributed by atoms with Gasteiger partial charge in [0.05, 0.1) is 30.9 Å². The topological polar surface area (TPSA) is 139 Å². The first-order valence-electron chi connectivity index (χ1n) is 9.73. The Hall–Kier alpha value is -2.18. The average Bonchev–Trinajstić information content (AvgIpc) is 3.04. The van der Waals surface area contributed by atoms with E-state index in [2.05, 4.69) is 5.32 Å². The summed E-state index contributed by atoms with van der Waals surface area (Å²) in [6.07, 6.45) is 2.28. The first kappa shape index (κ1) is 22.5. The van der Waals surface area contributed by atoms with Crippen molar-refractivity contribution in [3.63, 3.8) is 0 Å². The van der Waals surface area contributed by atoms with Gasteiger partial charge in [0.1, 0.15) is 5.00 Å². The molecule has 3 rings (SSSR count). The zero-order valence-electron chi connectivity index (χ0n) is 17.0. The van der Waals surface area contributed by atoms with Crippen molar-refractivity contribution < 1.29 is 27.5 Å². The number of amides is 3. The molecule has 1 aromatic heterocycles. The first-order valence-corrected chi connectivity index (χ1v) is 12.4. The molecule has 0 spiro atoms. The number of anilines is 1. The summed E-state index contributed by atoms with van der Waals surface area (Å²) in [5.41, 5.74) is 6.59. The number of hydrogen-bond acceptors (Lipinski definition) is 7. The number of piperidine rings is 1. The van der Waals surface area contributed by atoms with Crippen LogP contribution in [0.5, 0.6) is 0 Å². The van der Waals surface area contributed by atoms with Gasteiger partial charge in [-0.15, -0.1) is 11.3 Å². The lowest BCUT2D eigenvalue weighted by Gasteiger charge is -2.30. The van der Waals surface area contributed by atoms with Crippen LogP contribution in [-0.2, 0) is 32.5 Å². The van der Waals surface area contributed by atoms with Crippen LogP contribution < -0.4 is 11.1 Å². The van der Waals surface area contributed by atoms with Crippen LogP contribution in [0, 0.1) is 5.92 Å². The van der Waals surface area contributed by atoms with Gasteiger partial charge in [-0.3, -0.25) is 9.59 Å². The van der Waals surface area contributed by atoms with E-state index in [1.165, 1.54) is 15.6 Å². The van der Waals surface area contributed by atoms with Gasteiger partial charge in [-0.1, -0.05) is 0 Å². The highest BCUT2D eigenvalue weighted by molar-refractivity contribution is 7.88. The van der Waals surface area contributed by atoms with Crippen molar-refractivity contribution in [2.24, 2.45) is 11.7 Å². The SMILES string of the molecule is CCOC(=O)N1CCc2c(sc(NC(=O)C3CCCN(S(C)(=O)=O)C3)c2C(N)=O)C1. The molecule has 1 aromatic rings. The summed E-state index contributed by atoms with van der Waals surface area (Å²) in [5.74, 6) is -1.50. The first-order chi connectivity index (χ1) is 14.1. The molecule has 3 amide bonds. The Kier molecular flexibility index (Phi) is 6.68. The number of nitrogens with two attached hydrogens (primary N) is 1. The average molecular weight is 459 g/mol. The second-order valence-electron chi connectivity index (χ2n) is 7.39. The Morgan fingerprint density at radius 1 is 1.30 bits per heavy atom. The molecule has 2 aliphatic heterocycles. The van der Waals surface area contributed by atoms with Crippen LogP contribution in [0.15, 0.2) is 0 Å². The predicted molar refractivity (Wildman–Crippen MR) is 112 cm³/mol. The number of sulfonamides is 1. The third-order valence-electron chi connectivity index (χ3n) is 5.29. The molecule has 0 radical (unpaired) electrons. The van der Waals surface area contributed by atoms with E-state index in [4.69, 9.17) is 10.5 Å². The van der Waals surface area contributed by atoms with Gasteiger partial charge >= 0.3 is 6.09 Å².